The van der Waals surface area contributed by atoms with Crippen molar-refractivity contribution in [3.63, 3.8) is 0 Å². The molecule has 2 aromatic rings. The van der Waals surface area contributed by atoms with Crippen molar-refractivity contribution >= 4 is 17.7 Å². The van der Waals surface area contributed by atoms with Gasteiger partial charge in [0.2, 0.25) is 5.82 Å². The Morgan fingerprint density at radius 3 is 2.19 bits per heavy atom. The van der Waals surface area contributed by atoms with E-state index >= 15 is 0 Å². The Hall–Kier alpha value is -3.30. The number of benzene rings is 2. The molecule has 0 fully saturated rings. The van der Waals surface area contributed by atoms with Gasteiger partial charge in [-0.05, 0) is 11.6 Å². The van der Waals surface area contributed by atoms with E-state index in [4.69, 9.17) is 0 Å². The molecule has 0 heterocycles. The van der Waals surface area contributed by atoms with Crippen LogP contribution in [-0.4, -0.2) is 10.9 Å². The lowest BCUT2D eigenvalue weighted by Gasteiger charge is -2.08. The number of non-ortho nitro benzene ring substituents is 1. The van der Waals surface area contributed by atoms with E-state index < -0.39 is 52.1 Å². The highest BCUT2D eigenvalue weighted by atomic mass is 19.2. The predicted octanol–water partition coefficient (Wildman–Crippen LogP) is 4.05. The molecule has 0 amide bonds. The second kappa shape index (κ2) is 7.72. The van der Waals surface area contributed by atoms with Gasteiger partial charge in [-0.15, -0.1) is 0 Å². The first kappa shape index (κ1) is 19.0. The summed E-state index contributed by atoms with van der Waals surface area (Å²) in [7, 11) is 0. The summed E-state index contributed by atoms with van der Waals surface area (Å²) in [6.07, 6.45) is 1.90. The molecule has 0 aliphatic heterocycles. The van der Waals surface area contributed by atoms with Crippen molar-refractivity contribution in [3.8, 4) is 0 Å². The van der Waals surface area contributed by atoms with Crippen LogP contribution in [0.3, 0.4) is 0 Å². The maximum Gasteiger partial charge on any atom is 0.331 e. The van der Waals surface area contributed by atoms with Crippen LogP contribution >= 0.6 is 0 Å². The largest absolute Gasteiger partial charge is 0.457 e. The number of esters is 1. The lowest BCUT2D eigenvalue weighted by atomic mass is 10.2. The number of halogens is 5. The third-order valence-corrected chi connectivity index (χ3v) is 3.15. The van der Waals surface area contributed by atoms with Crippen LogP contribution in [0.25, 0.3) is 6.08 Å². The fourth-order valence-corrected chi connectivity index (χ4v) is 1.87. The first-order chi connectivity index (χ1) is 12.2. The first-order valence-electron chi connectivity index (χ1n) is 6.82. The maximum absolute atomic E-state index is 13.4. The highest BCUT2D eigenvalue weighted by Crippen LogP contribution is 2.23. The van der Waals surface area contributed by atoms with Gasteiger partial charge in [-0.25, -0.2) is 26.7 Å². The fourth-order valence-electron chi connectivity index (χ4n) is 1.87. The molecule has 5 nitrogen and oxygen atoms in total. The molecule has 0 spiro atoms. The molecule has 10 heteroatoms. The van der Waals surface area contributed by atoms with Gasteiger partial charge in [0.25, 0.3) is 5.69 Å². The smallest absolute Gasteiger partial charge is 0.331 e. The van der Waals surface area contributed by atoms with E-state index in [-0.39, 0.29) is 11.3 Å². The minimum absolute atomic E-state index is 0.234. The van der Waals surface area contributed by atoms with Gasteiger partial charge in [0.15, 0.2) is 23.3 Å². The van der Waals surface area contributed by atoms with Gasteiger partial charge < -0.3 is 4.74 Å². The van der Waals surface area contributed by atoms with Crippen LogP contribution in [0.15, 0.2) is 30.3 Å². The van der Waals surface area contributed by atoms with Crippen LogP contribution < -0.4 is 0 Å². The van der Waals surface area contributed by atoms with Crippen molar-refractivity contribution in [3.05, 3.63) is 80.7 Å². The van der Waals surface area contributed by atoms with Crippen molar-refractivity contribution < 1.29 is 36.4 Å². The molecule has 0 aromatic heterocycles. The zero-order valence-electron chi connectivity index (χ0n) is 12.6. The molecule has 0 N–H and O–H groups in total. The number of nitro groups is 1. The predicted molar refractivity (Wildman–Crippen MR) is 78.2 cm³/mol. The summed E-state index contributed by atoms with van der Waals surface area (Å²) >= 11 is 0. The summed E-state index contributed by atoms with van der Waals surface area (Å²) in [5.41, 5.74) is -1.27. The van der Waals surface area contributed by atoms with Gasteiger partial charge >= 0.3 is 5.97 Å². The van der Waals surface area contributed by atoms with Gasteiger partial charge in [0.05, 0.1) is 10.5 Å². The molecule has 26 heavy (non-hydrogen) atoms. The standard InChI is InChI=1S/C16H8F5NO4/c17-12-10(13(18)15(20)16(21)14(12)19)7-26-11(23)5-4-8-2-1-3-9(6-8)22(24)25/h1-6H,7H2/b5-4+. The number of nitrogens with zero attached hydrogens (tertiary/aromatic N) is 1. The number of nitro benzene ring substituents is 1. The molecular formula is C16H8F5NO4. The third-order valence-electron chi connectivity index (χ3n) is 3.15. The van der Waals surface area contributed by atoms with Gasteiger partial charge in [0, 0.05) is 18.2 Å². The van der Waals surface area contributed by atoms with Crippen molar-refractivity contribution in [2.24, 2.45) is 0 Å². The molecule has 0 aliphatic rings. The van der Waals surface area contributed by atoms with E-state index in [1.807, 2.05) is 0 Å². The molecule has 0 radical (unpaired) electrons. The Morgan fingerprint density at radius 1 is 1.04 bits per heavy atom. The molecule has 136 valence electrons. The van der Waals surface area contributed by atoms with Crippen molar-refractivity contribution in [1.29, 1.82) is 0 Å². The van der Waals surface area contributed by atoms with Crippen LogP contribution in [0.1, 0.15) is 11.1 Å². The lowest BCUT2D eigenvalue weighted by molar-refractivity contribution is -0.384. The molecular weight excluding hydrogens is 365 g/mol. The zero-order chi connectivity index (χ0) is 19.4. The Balaban J connectivity index is 2.10. The second-order valence-electron chi connectivity index (χ2n) is 4.84. The lowest BCUT2D eigenvalue weighted by Crippen LogP contribution is -2.10. The first-order valence-corrected chi connectivity index (χ1v) is 6.82. The molecule has 0 saturated carbocycles. The Labute approximate surface area is 142 Å². The number of hydrogen-bond donors (Lipinski definition) is 0. The summed E-state index contributed by atoms with van der Waals surface area (Å²) in [5, 5.41) is 10.6. The van der Waals surface area contributed by atoms with E-state index in [0.717, 1.165) is 18.2 Å². The van der Waals surface area contributed by atoms with Gasteiger partial charge in [-0.1, -0.05) is 12.1 Å². The third kappa shape index (κ3) is 4.02. The van der Waals surface area contributed by atoms with E-state index in [1.54, 1.807) is 0 Å². The summed E-state index contributed by atoms with van der Waals surface area (Å²) in [4.78, 5) is 21.5. The summed E-state index contributed by atoms with van der Waals surface area (Å²) in [6, 6.07) is 5.16. The topological polar surface area (TPSA) is 69.4 Å². The normalized spacial score (nSPS) is 11.0. The average Bonchev–Trinajstić information content (AvgIpc) is 2.63. The van der Waals surface area contributed by atoms with E-state index in [1.165, 1.54) is 18.2 Å². The van der Waals surface area contributed by atoms with Crippen LogP contribution in [0.5, 0.6) is 0 Å². The molecule has 0 atom stereocenters. The summed E-state index contributed by atoms with van der Waals surface area (Å²) < 4.78 is 70.3. The molecule has 0 unspecified atom stereocenters. The van der Waals surface area contributed by atoms with E-state index in [9.17, 15) is 36.9 Å². The fraction of sp³-hybridized carbons (Fsp3) is 0.0625. The minimum atomic E-state index is -2.32. The highest BCUT2D eigenvalue weighted by Gasteiger charge is 2.26. The van der Waals surface area contributed by atoms with Crippen molar-refractivity contribution in [2.75, 3.05) is 0 Å². The zero-order valence-corrected chi connectivity index (χ0v) is 12.6. The Bertz CT molecular complexity index is 885. The average molecular weight is 373 g/mol. The van der Waals surface area contributed by atoms with Crippen LogP contribution in [0, 0.1) is 39.2 Å². The number of hydrogen-bond acceptors (Lipinski definition) is 4. The Kier molecular flexibility index (Phi) is 5.65. The van der Waals surface area contributed by atoms with E-state index in [0.29, 0.717) is 0 Å². The number of carbonyl (C=O) groups is 1. The molecule has 2 rings (SSSR count). The van der Waals surface area contributed by atoms with Crippen LogP contribution in [0.4, 0.5) is 27.6 Å². The van der Waals surface area contributed by atoms with Crippen LogP contribution in [0.2, 0.25) is 0 Å². The molecule has 2 aromatic carbocycles. The minimum Gasteiger partial charge on any atom is -0.457 e. The molecule has 0 bridgehead atoms. The van der Waals surface area contributed by atoms with Crippen molar-refractivity contribution in [2.45, 2.75) is 6.61 Å². The van der Waals surface area contributed by atoms with Gasteiger partial charge in [0.1, 0.15) is 6.61 Å². The number of rotatable bonds is 5. The SMILES string of the molecule is O=C(/C=C/c1cccc([N+](=O)[O-])c1)OCc1c(F)c(F)c(F)c(F)c1F. The molecule has 0 saturated heterocycles. The summed E-state index contributed by atoms with van der Waals surface area (Å²) in [5.74, 6) is -12.0. The second-order valence-corrected chi connectivity index (χ2v) is 4.84. The Morgan fingerprint density at radius 2 is 1.62 bits per heavy atom. The number of carbonyl (C=O) groups excluding carboxylic acids is 1. The molecule has 0 aliphatic carbocycles. The van der Waals surface area contributed by atoms with Crippen molar-refractivity contribution in [1.82, 2.24) is 0 Å². The van der Waals surface area contributed by atoms with Gasteiger partial charge in [-0.3, -0.25) is 10.1 Å². The van der Waals surface area contributed by atoms with E-state index in [2.05, 4.69) is 4.74 Å². The highest BCUT2D eigenvalue weighted by molar-refractivity contribution is 5.87. The quantitative estimate of drug-likeness (QED) is 0.151. The van der Waals surface area contributed by atoms with Gasteiger partial charge in [-0.2, -0.15) is 0 Å². The summed E-state index contributed by atoms with van der Waals surface area (Å²) in [6.45, 7) is -1.19. The maximum atomic E-state index is 13.4. The monoisotopic (exact) mass is 373 g/mol. The van der Waals surface area contributed by atoms with Crippen LogP contribution in [-0.2, 0) is 16.1 Å². The number of ether oxygens (including phenoxy) is 1.